The van der Waals surface area contributed by atoms with Gasteiger partial charge in [-0.3, -0.25) is 9.59 Å². The van der Waals surface area contributed by atoms with E-state index in [1.165, 1.54) is 10.7 Å². The van der Waals surface area contributed by atoms with Crippen LogP contribution < -0.4 is 5.56 Å². The second-order valence-corrected chi connectivity index (χ2v) is 8.28. The molecule has 9 heteroatoms. The SMILES string of the molecule is O=C(Cc1ccccc1)N1CCC(c2nc3c(nnn3Cc3ccccc3F)c(=O)[nH]2)CC1. The molecule has 1 N–H and O–H groups in total. The second kappa shape index (κ2) is 8.93. The molecule has 4 aromatic rings. The number of amides is 1. The third kappa shape index (κ3) is 4.39. The Bertz CT molecular complexity index is 1340. The Hall–Kier alpha value is -3.88. The quantitative estimate of drug-likeness (QED) is 0.508. The van der Waals surface area contributed by atoms with Gasteiger partial charge in [-0.1, -0.05) is 53.7 Å². The molecule has 1 fully saturated rings. The molecule has 5 rings (SSSR count). The van der Waals surface area contributed by atoms with Crippen LogP contribution in [0.5, 0.6) is 0 Å². The standard InChI is InChI=1S/C24H23FN6O2/c25-19-9-5-4-8-18(19)15-31-23-21(28-29-31)24(33)27-22(26-23)17-10-12-30(13-11-17)20(32)14-16-6-2-1-3-7-16/h1-9,17H,10-15H2,(H,26,27,33). The van der Waals surface area contributed by atoms with Gasteiger partial charge in [0.2, 0.25) is 5.91 Å². The highest BCUT2D eigenvalue weighted by atomic mass is 19.1. The Labute approximate surface area is 189 Å². The molecule has 8 nitrogen and oxygen atoms in total. The second-order valence-electron chi connectivity index (χ2n) is 8.28. The van der Waals surface area contributed by atoms with Crippen molar-refractivity contribution in [1.29, 1.82) is 0 Å². The van der Waals surface area contributed by atoms with E-state index in [1.807, 2.05) is 35.2 Å². The number of carbonyl (C=O) groups is 1. The fourth-order valence-corrected chi connectivity index (χ4v) is 4.26. The summed E-state index contributed by atoms with van der Waals surface area (Å²) in [6.07, 6.45) is 1.78. The lowest BCUT2D eigenvalue weighted by atomic mass is 9.95. The molecule has 0 unspecified atom stereocenters. The minimum absolute atomic E-state index is 0.0136. The third-order valence-corrected chi connectivity index (χ3v) is 6.10. The molecular formula is C24H23FN6O2. The van der Waals surface area contributed by atoms with Crippen LogP contribution in [-0.2, 0) is 17.8 Å². The van der Waals surface area contributed by atoms with Crippen LogP contribution in [0.2, 0.25) is 0 Å². The van der Waals surface area contributed by atoms with Gasteiger partial charge in [0.15, 0.2) is 11.2 Å². The van der Waals surface area contributed by atoms with Crippen molar-refractivity contribution in [2.75, 3.05) is 13.1 Å². The summed E-state index contributed by atoms with van der Waals surface area (Å²) in [7, 11) is 0. The molecule has 3 heterocycles. The highest BCUT2D eigenvalue weighted by Crippen LogP contribution is 2.26. The molecule has 0 atom stereocenters. The molecule has 2 aromatic heterocycles. The lowest BCUT2D eigenvalue weighted by molar-refractivity contribution is -0.131. The zero-order valence-electron chi connectivity index (χ0n) is 17.9. The maximum absolute atomic E-state index is 14.1. The topological polar surface area (TPSA) is 96.8 Å². The van der Waals surface area contributed by atoms with Crippen molar-refractivity contribution in [3.05, 3.63) is 87.7 Å². The number of H-pyrrole nitrogens is 1. The Morgan fingerprint density at radius 1 is 1.06 bits per heavy atom. The van der Waals surface area contributed by atoms with Crippen molar-refractivity contribution < 1.29 is 9.18 Å². The van der Waals surface area contributed by atoms with Crippen LogP contribution in [0.4, 0.5) is 4.39 Å². The van der Waals surface area contributed by atoms with E-state index in [9.17, 15) is 14.0 Å². The van der Waals surface area contributed by atoms with Gasteiger partial charge in [0.1, 0.15) is 11.6 Å². The van der Waals surface area contributed by atoms with Crippen molar-refractivity contribution >= 4 is 17.1 Å². The number of aromatic nitrogens is 5. The molecule has 0 saturated carbocycles. The molecule has 2 aromatic carbocycles. The van der Waals surface area contributed by atoms with E-state index in [-0.39, 0.29) is 35.3 Å². The summed E-state index contributed by atoms with van der Waals surface area (Å²) in [5.74, 6) is 0.321. The van der Waals surface area contributed by atoms with Crippen molar-refractivity contribution in [2.24, 2.45) is 0 Å². The number of piperidine rings is 1. The van der Waals surface area contributed by atoms with Gasteiger partial charge in [0.05, 0.1) is 13.0 Å². The maximum Gasteiger partial charge on any atom is 0.281 e. The monoisotopic (exact) mass is 446 g/mol. The Morgan fingerprint density at radius 2 is 1.79 bits per heavy atom. The molecule has 0 spiro atoms. The summed E-state index contributed by atoms with van der Waals surface area (Å²) in [5, 5.41) is 7.96. The largest absolute Gasteiger partial charge is 0.342 e. The Balaban J connectivity index is 1.32. The number of nitrogens with zero attached hydrogens (tertiary/aromatic N) is 5. The number of benzene rings is 2. The van der Waals surface area contributed by atoms with Gasteiger partial charge in [-0.15, -0.1) is 5.10 Å². The van der Waals surface area contributed by atoms with E-state index in [2.05, 4.69) is 20.3 Å². The van der Waals surface area contributed by atoms with Gasteiger partial charge < -0.3 is 9.88 Å². The Morgan fingerprint density at radius 3 is 2.55 bits per heavy atom. The molecule has 1 amide bonds. The van der Waals surface area contributed by atoms with E-state index >= 15 is 0 Å². The number of rotatable bonds is 5. The average Bonchev–Trinajstić information content (AvgIpc) is 3.24. The zero-order valence-corrected chi connectivity index (χ0v) is 17.9. The molecule has 168 valence electrons. The van der Waals surface area contributed by atoms with Crippen LogP contribution >= 0.6 is 0 Å². The fraction of sp³-hybridized carbons (Fsp3) is 0.292. The smallest absolute Gasteiger partial charge is 0.281 e. The van der Waals surface area contributed by atoms with E-state index in [1.54, 1.807) is 18.2 Å². The first-order chi connectivity index (χ1) is 16.1. The molecule has 1 aliphatic rings. The highest BCUT2D eigenvalue weighted by molar-refractivity contribution is 5.78. The van der Waals surface area contributed by atoms with E-state index in [4.69, 9.17) is 0 Å². The molecule has 0 radical (unpaired) electrons. The van der Waals surface area contributed by atoms with Crippen LogP contribution in [0.1, 0.15) is 35.7 Å². The number of nitrogens with one attached hydrogen (secondary N) is 1. The summed E-state index contributed by atoms with van der Waals surface area (Å²) in [6, 6.07) is 16.1. The lowest BCUT2D eigenvalue weighted by Gasteiger charge is -2.31. The van der Waals surface area contributed by atoms with Gasteiger partial charge in [0.25, 0.3) is 5.56 Å². The molecule has 1 saturated heterocycles. The van der Waals surface area contributed by atoms with Crippen LogP contribution in [0, 0.1) is 5.82 Å². The number of halogens is 1. The van der Waals surface area contributed by atoms with Crippen molar-refractivity contribution in [2.45, 2.75) is 31.7 Å². The highest BCUT2D eigenvalue weighted by Gasteiger charge is 2.26. The maximum atomic E-state index is 14.1. The van der Waals surface area contributed by atoms with Crippen LogP contribution in [-0.4, -0.2) is 48.9 Å². The molecule has 1 aliphatic heterocycles. The summed E-state index contributed by atoms with van der Waals surface area (Å²) in [4.78, 5) is 34.6. The van der Waals surface area contributed by atoms with Crippen LogP contribution in [0.25, 0.3) is 11.2 Å². The van der Waals surface area contributed by atoms with Gasteiger partial charge in [-0.2, -0.15) is 0 Å². The van der Waals surface area contributed by atoms with Crippen LogP contribution in [0.3, 0.4) is 0 Å². The first kappa shape index (κ1) is 21.0. The van der Waals surface area contributed by atoms with Gasteiger partial charge in [-0.05, 0) is 24.5 Å². The average molecular weight is 446 g/mol. The van der Waals surface area contributed by atoms with E-state index in [0.29, 0.717) is 49.4 Å². The minimum atomic E-state index is -0.364. The summed E-state index contributed by atoms with van der Waals surface area (Å²) < 4.78 is 15.5. The van der Waals surface area contributed by atoms with Crippen molar-refractivity contribution in [3.63, 3.8) is 0 Å². The van der Waals surface area contributed by atoms with E-state index < -0.39 is 0 Å². The number of hydrogen-bond acceptors (Lipinski definition) is 5. The molecule has 0 aliphatic carbocycles. The summed E-state index contributed by atoms with van der Waals surface area (Å²) in [6.45, 7) is 1.33. The van der Waals surface area contributed by atoms with Gasteiger partial charge in [0, 0.05) is 24.6 Å². The summed E-state index contributed by atoms with van der Waals surface area (Å²) in [5.41, 5.74) is 1.54. The van der Waals surface area contributed by atoms with Crippen molar-refractivity contribution in [1.82, 2.24) is 29.9 Å². The first-order valence-electron chi connectivity index (χ1n) is 11.0. The summed E-state index contributed by atoms with van der Waals surface area (Å²) >= 11 is 0. The molecule has 0 bridgehead atoms. The van der Waals surface area contributed by atoms with E-state index in [0.717, 1.165) is 5.56 Å². The number of likely N-dealkylation sites (tertiary alicyclic amines) is 1. The van der Waals surface area contributed by atoms with Gasteiger partial charge in [-0.25, -0.2) is 14.1 Å². The fourth-order valence-electron chi connectivity index (χ4n) is 4.26. The Kier molecular flexibility index (Phi) is 5.68. The normalized spacial score (nSPS) is 14.6. The first-order valence-corrected chi connectivity index (χ1v) is 11.0. The predicted molar refractivity (Wildman–Crippen MR) is 120 cm³/mol. The zero-order chi connectivity index (χ0) is 22.8. The van der Waals surface area contributed by atoms with Crippen molar-refractivity contribution in [3.8, 4) is 0 Å². The third-order valence-electron chi connectivity index (χ3n) is 6.10. The minimum Gasteiger partial charge on any atom is -0.342 e. The number of aromatic amines is 1. The van der Waals surface area contributed by atoms with Crippen LogP contribution in [0.15, 0.2) is 59.4 Å². The number of carbonyl (C=O) groups excluding carboxylic acids is 1. The molecule has 33 heavy (non-hydrogen) atoms. The lowest BCUT2D eigenvalue weighted by Crippen LogP contribution is -2.39. The number of fused-ring (bicyclic) bond motifs is 1. The van der Waals surface area contributed by atoms with Gasteiger partial charge >= 0.3 is 0 Å². The number of hydrogen-bond donors (Lipinski definition) is 1. The predicted octanol–water partition coefficient (Wildman–Crippen LogP) is 2.65. The molecular weight excluding hydrogens is 423 g/mol.